The van der Waals surface area contributed by atoms with E-state index in [-0.39, 0.29) is 0 Å². The summed E-state index contributed by atoms with van der Waals surface area (Å²) in [6, 6.07) is 9.80. The van der Waals surface area contributed by atoms with Crippen LogP contribution in [0.1, 0.15) is 11.1 Å². The lowest BCUT2D eigenvalue weighted by Gasteiger charge is -2.08. The summed E-state index contributed by atoms with van der Waals surface area (Å²) >= 11 is 0. The van der Waals surface area contributed by atoms with Crippen molar-refractivity contribution >= 4 is 0 Å². The summed E-state index contributed by atoms with van der Waals surface area (Å²) in [5.41, 5.74) is 2.93. The van der Waals surface area contributed by atoms with Crippen LogP contribution in [0.3, 0.4) is 0 Å². The highest BCUT2D eigenvalue weighted by Crippen LogP contribution is 2.27. The summed E-state index contributed by atoms with van der Waals surface area (Å²) in [4.78, 5) is 0. The van der Waals surface area contributed by atoms with E-state index in [1.54, 1.807) is 6.92 Å². The van der Waals surface area contributed by atoms with Gasteiger partial charge in [0.1, 0.15) is 11.6 Å². The molecule has 82 valence electrons. The molecule has 2 aromatic carbocycles. The largest absolute Gasteiger partial charge is 0.207 e. The smallest absolute Gasteiger partial charge is 0.134 e. The van der Waals surface area contributed by atoms with Crippen molar-refractivity contribution in [1.82, 2.24) is 0 Å². The van der Waals surface area contributed by atoms with E-state index in [1.807, 2.05) is 31.2 Å². The van der Waals surface area contributed by atoms with Crippen LogP contribution in [0.15, 0.2) is 36.4 Å². The SMILES string of the molecule is Cc1cccc(-c2c(C)cc(F)cc2F)c1. The van der Waals surface area contributed by atoms with Crippen molar-refractivity contribution in [1.29, 1.82) is 0 Å². The Morgan fingerprint density at radius 1 is 0.938 bits per heavy atom. The number of rotatable bonds is 1. The fraction of sp³-hybridized carbons (Fsp3) is 0.143. The van der Waals surface area contributed by atoms with Crippen LogP contribution in [0, 0.1) is 25.5 Å². The van der Waals surface area contributed by atoms with E-state index in [1.165, 1.54) is 6.07 Å². The molecular weight excluding hydrogens is 206 g/mol. The van der Waals surface area contributed by atoms with Crippen LogP contribution in [0.5, 0.6) is 0 Å². The molecule has 0 N–H and O–H groups in total. The minimum atomic E-state index is -0.536. The number of aryl methyl sites for hydroxylation is 2. The summed E-state index contributed by atoms with van der Waals surface area (Å²) in [5, 5.41) is 0. The van der Waals surface area contributed by atoms with Gasteiger partial charge in [0.2, 0.25) is 0 Å². The van der Waals surface area contributed by atoms with Crippen LogP contribution in [0.2, 0.25) is 0 Å². The zero-order chi connectivity index (χ0) is 11.7. The van der Waals surface area contributed by atoms with E-state index in [4.69, 9.17) is 0 Å². The van der Waals surface area contributed by atoms with Crippen molar-refractivity contribution < 1.29 is 8.78 Å². The van der Waals surface area contributed by atoms with Crippen molar-refractivity contribution in [2.75, 3.05) is 0 Å². The molecule has 2 rings (SSSR count). The highest BCUT2D eigenvalue weighted by molar-refractivity contribution is 5.68. The lowest BCUT2D eigenvalue weighted by atomic mass is 9.98. The van der Waals surface area contributed by atoms with Crippen molar-refractivity contribution in [2.24, 2.45) is 0 Å². The van der Waals surface area contributed by atoms with Gasteiger partial charge in [0, 0.05) is 11.6 Å². The van der Waals surface area contributed by atoms with Crippen LogP contribution in [0.25, 0.3) is 11.1 Å². The van der Waals surface area contributed by atoms with Gasteiger partial charge in [-0.1, -0.05) is 29.8 Å². The molecule has 0 aliphatic carbocycles. The summed E-state index contributed by atoms with van der Waals surface area (Å²) in [6.07, 6.45) is 0. The second-order valence-corrected chi connectivity index (χ2v) is 3.95. The van der Waals surface area contributed by atoms with E-state index >= 15 is 0 Å². The molecule has 0 radical (unpaired) electrons. The molecule has 0 amide bonds. The monoisotopic (exact) mass is 218 g/mol. The van der Waals surface area contributed by atoms with Crippen LogP contribution >= 0.6 is 0 Å². The Bertz CT molecular complexity index is 507. The average Bonchev–Trinajstić information content (AvgIpc) is 2.15. The molecule has 16 heavy (non-hydrogen) atoms. The van der Waals surface area contributed by atoms with E-state index in [2.05, 4.69) is 0 Å². The van der Waals surface area contributed by atoms with Crippen molar-refractivity contribution in [2.45, 2.75) is 13.8 Å². The zero-order valence-corrected chi connectivity index (χ0v) is 9.22. The van der Waals surface area contributed by atoms with Gasteiger partial charge in [-0.3, -0.25) is 0 Å². The van der Waals surface area contributed by atoms with Gasteiger partial charge in [-0.05, 0) is 31.0 Å². The summed E-state index contributed by atoms with van der Waals surface area (Å²) in [5.74, 6) is -1.05. The molecule has 0 heterocycles. The van der Waals surface area contributed by atoms with Crippen LogP contribution in [0.4, 0.5) is 8.78 Å². The molecule has 0 aromatic heterocycles. The van der Waals surface area contributed by atoms with Gasteiger partial charge in [0.25, 0.3) is 0 Å². The third-order valence-electron chi connectivity index (χ3n) is 2.56. The molecule has 0 saturated carbocycles. The standard InChI is InChI=1S/C14H12F2/c1-9-4-3-5-11(6-9)14-10(2)7-12(15)8-13(14)16/h3-8H,1-2H3. The molecular formula is C14H12F2. The lowest BCUT2D eigenvalue weighted by molar-refractivity contribution is 0.584. The maximum absolute atomic E-state index is 13.7. The van der Waals surface area contributed by atoms with Crippen molar-refractivity contribution in [3.05, 3.63) is 59.2 Å². The van der Waals surface area contributed by atoms with Gasteiger partial charge in [0.15, 0.2) is 0 Å². The first-order valence-electron chi connectivity index (χ1n) is 5.10. The zero-order valence-electron chi connectivity index (χ0n) is 9.22. The molecule has 0 fully saturated rings. The third-order valence-corrected chi connectivity index (χ3v) is 2.56. The van der Waals surface area contributed by atoms with Crippen molar-refractivity contribution in [3.8, 4) is 11.1 Å². The highest BCUT2D eigenvalue weighted by atomic mass is 19.1. The molecule has 0 atom stereocenters. The first kappa shape index (κ1) is 10.8. The number of hydrogen-bond donors (Lipinski definition) is 0. The summed E-state index contributed by atoms with van der Waals surface area (Å²) in [6.45, 7) is 3.66. The summed E-state index contributed by atoms with van der Waals surface area (Å²) < 4.78 is 26.7. The maximum Gasteiger partial charge on any atom is 0.134 e. The molecule has 0 saturated heterocycles. The Kier molecular flexibility index (Phi) is 2.73. The Hall–Kier alpha value is -1.70. The van der Waals surface area contributed by atoms with Crippen LogP contribution in [-0.2, 0) is 0 Å². The second-order valence-electron chi connectivity index (χ2n) is 3.95. The molecule has 0 unspecified atom stereocenters. The van der Waals surface area contributed by atoms with Gasteiger partial charge in [-0.2, -0.15) is 0 Å². The van der Waals surface area contributed by atoms with Crippen LogP contribution < -0.4 is 0 Å². The maximum atomic E-state index is 13.7. The second kappa shape index (κ2) is 4.05. The highest BCUT2D eigenvalue weighted by Gasteiger charge is 2.10. The average molecular weight is 218 g/mol. The van der Waals surface area contributed by atoms with E-state index < -0.39 is 11.6 Å². The first-order chi connectivity index (χ1) is 7.58. The topological polar surface area (TPSA) is 0 Å². The Balaban J connectivity index is 2.64. The number of halogens is 2. The number of benzene rings is 2. The predicted octanol–water partition coefficient (Wildman–Crippen LogP) is 4.25. The number of hydrogen-bond acceptors (Lipinski definition) is 0. The quantitative estimate of drug-likeness (QED) is 0.671. The van der Waals surface area contributed by atoms with Gasteiger partial charge in [-0.25, -0.2) is 8.78 Å². The lowest BCUT2D eigenvalue weighted by Crippen LogP contribution is -1.91. The van der Waals surface area contributed by atoms with Gasteiger partial charge < -0.3 is 0 Å². The molecule has 0 nitrogen and oxygen atoms in total. The van der Waals surface area contributed by atoms with E-state index in [9.17, 15) is 8.78 Å². The van der Waals surface area contributed by atoms with E-state index in [0.717, 1.165) is 17.2 Å². The predicted molar refractivity (Wildman–Crippen MR) is 61.3 cm³/mol. The molecule has 2 aromatic rings. The van der Waals surface area contributed by atoms with Gasteiger partial charge >= 0.3 is 0 Å². The Labute approximate surface area is 93.5 Å². The minimum Gasteiger partial charge on any atom is -0.207 e. The van der Waals surface area contributed by atoms with Gasteiger partial charge in [0.05, 0.1) is 0 Å². The Morgan fingerprint density at radius 3 is 2.31 bits per heavy atom. The molecule has 0 aliphatic heterocycles. The molecule has 0 aliphatic rings. The molecule has 0 bridgehead atoms. The Morgan fingerprint density at radius 2 is 1.69 bits per heavy atom. The summed E-state index contributed by atoms with van der Waals surface area (Å²) in [7, 11) is 0. The fourth-order valence-electron chi connectivity index (χ4n) is 1.87. The minimum absolute atomic E-state index is 0.477. The van der Waals surface area contributed by atoms with Gasteiger partial charge in [-0.15, -0.1) is 0 Å². The van der Waals surface area contributed by atoms with E-state index in [0.29, 0.717) is 11.1 Å². The van der Waals surface area contributed by atoms with Crippen LogP contribution in [-0.4, -0.2) is 0 Å². The third kappa shape index (κ3) is 1.96. The molecule has 2 heteroatoms. The molecule has 0 spiro atoms. The fourth-order valence-corrected chi connectivity index (χ4v) is 1.87. The van der Waals surface area contributed by atoms with Crippen molar-refractivity contribution in [3.63, 3.8) is 0 Å². The first-order valence-corrected chi connectivity index (χ1v) is 5.10. The normalized spacial score (nSPS) is 10.5.